The minimum Gasteiger partial charge on any atom is -0.379 e. The second-order valence-corrected chi connectivity index (χ2v) is 8.01. The predicted octanol–water partition coefficient (Wildman–Crippen LogP) is 0.693. The van der Waals surface area contributed by atoms with E-state index in [1.54, 1.807) is 17.0 Å². The first kappa shape index (κ1) is 20.1. The normalized spacial score (nSPS) is 21.8. The van der Waals surface area contributed by atoms with Crippen molar-refractivity contribution >= 4 is 28.3 Å². The summed E-state index contributed by atoms with van der Waals surface area (Å²) in [6.07, 6.45) is 1.83. The SMILES string of the molecule is Cl.NCC1CCCN1C(=O)c1cccc(S(=O)(=O)N2CCOCC2)c1. The second-order valence-electron chi connectivity index (χ2n) is 6.07. The first-order valence-corrected chi connectivity index (χ1v) is 9.67. The zero-order chi connectivity index (χ0) is 17.2. The van der Waals surface area contributed by atoms with Gasteiger partial charge in [-0.2, -0.15) is 4.31 Å². The number of nitrogens with zero attached hydrogens (tertiary/aromatic N) is 2. The lowest BCUT2D eigenvalue weighted by Gasteiger charge is -2.26. The van der Waals surface area contributed by atoms with Crippen LogP contribution in [-0.4, -0.2) is 69.0 Å². The van der Waals surface area contributed by atoms with Crippen LogP contribution in [0.4, 0.5) is 0 Å². The summed E-state index contributed by atoms with van der Waals surface area (Å²) in [5.74, 6) is -0.151. The van der Waals surface area contributed by atoms with Gasteiger partial charge in [0.05, 0.1) is 18.1 Å². The summed E-state index contributed by atoms with van der Waals surface area (Å²) in [5.41, 5.74) is 6.12. The summed E-state index contributed by atoms with van der Waals surface area (Å²) in [4.78, 5) is 14.6. The molecule has 0 saturated carbocycles. The smallest absolute Gasteiger partial charge is 0.254 e. The standard InChI is InChI=1S/C16H23N3O4S.ClH/c17-12-14-4-2-6-19(14)16(20)13-3-1-5-15(11-13)24(21,22)18-7-9-23-10-8-18;/h1,3,5,11,14H,2,4,6-10,12,17H2;1H. The van der Waals surface area contributed by atoms with Crippen LogP contribution < -0.4 is 5.73 Å². The fourth-order valence-electron chi connectivity index (χ4n) is 3.24. The van der Waals surface area contributed by atoms with Crippen molar-refractivity contribution in [1.82, 2.24) is 9.21 Å². The molecule has 1 aromatic rings. The largest absolute Gasteiger partial charge is 0.379 e. The molecule has 0 bridgehead atoms. The average Bonchev–Trinajstić information content (AvgIpc) is 3.10. The predicted molar refractivity (Wildman–Crippen MR) is 96.4 cm³/mol. The van der Waals surface area contributed by atoms with Crippen molar-refractivity contribution < 1.29 is 17.9 Å². The monoisotopic (exact) mass is 389 g/mol. The number of sulfonamides is 1. The maximum atomic E-state index is 12.7. The van der Waals surface area contributed by atoms with Gasteiger partial charge in [0.2, 0.25) is 10.0 Å². The third-order valence-electron chi connectivity index (χ3n) is 4.60. The number of carbonyl (C=O) groups is 1. The van der Waals surface area contributed by atoms with E-state index in [1.807, 2.05) is 0 Å². The third kappa shape index (κ3) is 4.15. The second kappa shape index (κ2) is 8.46. The van der Waals surface area contributed by atoms with Gasteiger partial charge in [-0.3, -0.25) is 4.79 Å². The van der Waals surface area contributed by atoms with Crippen molar-refractivity contribution in [2.75, 3.05) is 39.4 Å². The van der Waals surface area contributed by atoms with Crippen LogP contribution in [0.1, 0.15) is 23.2 Å². The summed E-state index contributed by atoms with van der Waals surface area (Å²) < 4.78 is 32.1. The highest BCUT2D eigenvalue weighted by atomic mass is 35.5. The quantitative estimate of drug-likeness (QED) is 0.817. The Morgan fingerprint density at radius 1 is 1.24 bits per heavy atom. The number of carbonyl (C=O) groups excluding carboxylic acids is 1. The van der Waals surface area contributed by atoms with Crippen LogP contribution in [0.25, 0.3) is 0 Å². The van der Waals surface area contributed by atoms with Crippen LogP contribution in [-0.2, 0) is 14.8 Å². The molecule has 9 heteroatoms. The van der Waals surface area contributed by atoms with E-state index in [4.69, 9.17) is 10.5 Å². The molecule has 1 aromatic carbocycles. The van der Waals surface area contributed by atoms with Gasteiger partial charge >= 0.3 is 0 Å². The van der Waals surface area contributed by atoms with Crippen LogP contribution in [0, 0.1) is 0 Å². The Kier molecular flexibility index (Phi) is 6.81. The summed E-state index contributed by atoms with van der Waals surface area (Å²) in [5, 5.41) is 0. The van der Waals surface area contributed by atoms with Gasteiger partial charge < -0.3 is 15.4 Å². The van der Waals surface area contributed by atoms with E-state index < -0.39 is 10.0 Å². The third-order valence-corrected chi connectivity index (χ3v) is 6.49. The summed E-state index contributed by atoms with van der Waals surface area (Å²) in [6.45, 7) is 2.55. The number of hydrogen-bond acceptors (Lipinski definition) is 5. The average molecular weight is 390 g/mol. The highest BCUT2D eigenvalue weighted by molar-refractivity contribution is 7.89. The number of morpholine rings is 1. The van der Waals surface area contributed by atoms with Crippen LogP contribution >= 0.6 is 12.4 Å². The van der Waals surface area contributed by atoms with Crippen molar-refractivity contribution in [1.29, 1.82) is 0 Å². The van der Waals surface area contributed by atoms with E-state index in [1.165, 1.54) is 16.4 Å². The molecule has 25 heavy (non-hydrogen) atoms. The zero-order valence-corrected chi connectivity index (χ0v) is 15.6. The Morgan fingerprint density at radius 2 is 1.96 bits per heavy atom. The highest BCUT2D eigenvalue weighted by Crippen LogP contribution is 2.22. The minimum absolute atomic E-state index is 0. The number of ether oxygens (including phenoxy) is 1. The Labute approximate surface area is 154 Å². The van der Waals surface area contributed by atoms with E-state index >= 15 is 0 Å². The molecule has 2 fully saturated rings. The van der Waals surface area contributed by atoms with Crippen molar-refractivity contribution in [2.24, 2.45) is 5.73 Å². The topological polar surface area (TPSA) is 92.9 Å². The molecule has 2 saturated heterocycles. The van der Waals surface area contributed by atoms with Gasteiger partial charge in [-0.25, -0.2) is 8.42 Å². The number of hydrogen-bond donors (Lipinski definition) is 1. The molecule has 7 nitrogen and oxygen atoms in total. The Hall–Kier alpha value is -1.19. The summed E-state index contributed by atoms with van der Waals surface area (Å²) in [7, 11) is -3.60. The van der Waals surface area contributed by atoms with Gasteiger partial charge in [0, 0.05) is 37.8 Å². The van der Waals surface area contributed by atoms with Crippen LogP contribution in [0.2, 0.25) is 0 Å². The van der Waals surface area contributed by atoms with Gasteiger partial charge in [0.25, 0.3) is 5.91 Å². The molecule has 0 aliphatic carbocycles. The number of halogens is 1. The molecule has 2 heterocycles. The van der Waals surface area contributed by atoms with E-state index in [2.05, 4.69) is 0 Å². The van der Waals surface area contributed by atoms with Crippen molar-refractivity contribution in [3.63, 3.8) is 0 Å². The maximum absolute atomic E-state index is 12.7. The molecular formula is C16H24ClN3O4S. The molecule has 2 aliphatic heterocycles. The van der Waals surface area contributed by atoms with Crippen LogP contribution in [0.15, 0.2) is 29.2 Å². The molecule has 0 aromatic heterocycles. The first-order chi connectivity index (χ1) is 11.5. The molecule has 0 spiro atoms. The highest BCUT2D eigenvalue weighted by Gasteiger charge is 2.30. The van der Waals surface area contributed by atoms with Gasteiger partial charge in [-0.05, 0) is 31.0 Å². The molecule has 2 aliphatic rings. The van der Waals surface area contributed by atoms with Crippen molar-refractivity contribution in [2.45, 2.75) is 23.8 Å². The number of rotatable bonds is 4. The number of likely N-dealkylation sites (tertiary alicyclic amines) is 1. The molecule has 1 amide bonds. The van der Waals surface area contributed by atoms with Crippen molar-refractivity contribution in [3.05, 3.63) is 29.8 Å². The molecule has 1 unspecified atom stereocenters. The lowest BCUT2D eigenvalue weighted by atomic mass is 10.1. The Morgan fingerprint density at radius 3 is 2.64 bits per heavy atom. The first-order valence-electron chi connectivity index (χ1n) is 8.23. The number of nitrogens with two attached hydrogens (primary N) is 1. The molecule has 2 N–H and O–H groups in total. The number of amides is 1. The summed E-state index contributed by atoms with van der Waals surface area (Å²) in [6, 6.07) is 6.32. The van der Waals surface area contributed by atoms with E-state index in [9.17, 15) is 13.2 Å². The molecule has 1 atom stereocenters. The van der Waals surface area contributed by atoms with Crippen LogP contribution in [0.5, 0.6) is 0 Å². The van der Waals surface area contributed by atoms with Crippen LogP contribution in [0.3, 0.4) is 0 Å². The van der Waals surface area contributed by atoms with Gasteiger partial charge in [0.15, 0.2) is 0 Å². The molecular weight excluding hydrogens is 366 g/mol. The fourth-order valence-corrected chi connectivity index (χ4v) is 4.69. The van der Waals surface area contributed by atoms with E-state index in [-0.39, 0.29) is 29.3 Å². The molecule has 140 valence electrons. The van der Waals surface area contributed by atoms with Gasteiger partial charge in [-0.15, -0.1) is 12.4 Å². The van der Waals surface area contributed by atoms with Gasteiger partial charge in [0.1, 0.15) is 0 Å². The zero-order valence-electron chi connectivity index (χ0n) is 14.0. The van der Waals surface area contributed by atoms with E-state index in [0.29, 0.717) is 45.0 Å². The van der Waals surface area contributed by atoms with Crippen molar-refractivity contribution in [3.8, 4) is 0 Å². The summed E-state index contributed by atoms with van der Waals surface area (Å²) >= 11 is 0. The Bertz CT molecular complexity index is 707. The molecule has 0 radical (unpaired) electrons. The van der Waals surface area contributed by atoms with E-state index in [0.717, 1.165) is 12.8 Å². The number of benzene rings is 1. The fraction of sp³-hybridized carbons (Fsp3) is 0.562. The van der Waals surface area contributed by atoms with Gasteiger partial charge in [-0.1, -0.05) is 6.07 Å². The lowest BCUT2D eigenvalue weighted by molar-refractivity contribution is 0.0728. The Balaban J connectivity index is 0.00000225. The molecule has 3 rings (SSSR count). The lowest BCUT2D eigenvalue weighted by Crippen LogP contribution is -2.41. The minimum atomic E-state index is -3.60. The maximum Gasteiger partial charge on any atom is 0.254 e.